The molecule has 0 saturated heterocycles. The Kier molecular flexibility index (Phi) is 3.59. The fraction of sp³-hybridized carbons (Fsp3) is 0.133. The van der Waals surface area contributed by atoms with Crippen molar-refractivity contribution < 1.29 is 4.79 Å². The number of hydrogen-bond acceptors (Lipinski definition) is 3. The Morgan fingerprint density at radius 3 is 2.90 bits per heavy atom. The molecule has 1 unspecified atom stereocenters. The van der Waals surface area contributed by atoms with E-state index < -0.39 is 0 Å². The molecule has 1 heterocycles. The Morgan fingerprint density at radius 2 is 2.10 bits per heavy atom. The van der Waals surface area contributed by atoms with Crippen molar-refractivity contribution in [1.29, 1.82) is 0 Å². The molecule has 0 aromatic heterocycles. The number of anilines is 2. The van der Waals surface area contributed by atoms with Gasteiger partial charge < -0.3 is 11.1 Å². The van der Waals surface area contributed by atoms with Crippen LogP contribution in [0.1, 0.15) is 11.5 Å². The molecule has 0 saturated carbocycles. The number of carbonyl (C=O) groups is 1. The van der Waals surface area contributed by atoms with Crippen molar-refractivity contribution in [1.82, 2.24) is 0 Å². The third-order valence-electron chi connectivity index (χ3n) is 3.28. The number of halogens is 1. The number of benzene rings is 2. The van der Waals surface area contributed by atoms with Crippen LogP contribution >= 0.6 is 23.4 Å². The van der Waals surface area contributed by atoms with E-state index in [4.69, 9.17) is 17.3 Å². The van der Waals surface area contributed by atoms with Gasteiger partial charge in [-0.3, -0.25) is 4.79 Å². The predicted molar refractivity (Wildman–Crippen MR) is 84.4 cm³/mol. The highest BCUT2D eigenvalue weighted by molar-refractivity contribution is 7.99. The minimum atomic E-state index is -0.118. The van der Waals surface area contributed by atoms with E-state index >= 15 is 0 Å². The van der Waals surface area contributed by atoms with Crippen molar-refractivity contribution in [3.63, 3.8) is 0 Å². The molecule has 1 aliphatic heterocycles. The second-order valence-corrected chi connectivity index (χ2v) is 6.10. The van der Waals surface area contributed by atoms with Gasteiger partial charge in [0.15, 0.2) is 0 Å². The van der Waals surface area contributed by atoms with Gasteiger partial charge in [-0.2, -0.15) is 0 Å². The Morgan fingerprint density at radius 1 is 1.30 bits per heavy atom. The highest BCUT2D eigenvalue weighted by Crippen LogP contribution is 2.39. The fourth-order valence-electron chi connectivity index (χ4n) is 2.21. The topological polar surface area (TPSA) is 55.1 Å². The Hall–Kier alpha value is -1.65. The monoisotopic (exact) mass is 304 g/mol. The number of nitrogen functional groups attached to an aromatic ring is 1. The summed E-state index contributed by atoms with van der Waals surface area (Å²) < 4.78 is 0. The predicted octanol–water partition coefficient (Wildman–Crippen LogP) is 3.75. The average molecular weight is 305 g/mol. The molecule has 2 aromatic rings. The highest BCUT2D eigenvalue weighted by atomic mass is 35.5. The molecule has 20 heavy (non-hydrogen) atoms. The zero-order valence-corrected chi connectivity index (χ0v) is 12.2. The van der Waals surface area contributed by atoms with E-state index in [1.54, 1.807) is 30.0 Å². The van der Waals surface area contributed by atoms with Crippen LogP contribution in [0, 0.1) is 0 Å². The summed E-state index contributed by atoms with van der Waals surface area (Å²) in [6.07, 6.45) is 0. The van der Waals surface area contributed by atoms with Crippen molar-refractivity contribution in [3.05, 3.63) is 53.1 Å². The van der Waals surface area contributed by atoms with Gasteiger partial charge >= 0.3 is 0 Å². The molecule has 5 heteroatoms. The second-order valence-electron chi connectivity index (χ2n) is 4.63. The molecule has 3 nitrogen and oxygen atoms in total. The van der Waals surface area contributed by atoms with Gasteiger partial charge in [0, 0.05) is 16.3 Å². The highest BCUT2D eigenvalue weighted by Gasteiger charge is 2.28. The van der Waals surface area contributed by atoms with Gasteiger partial charge in [-0.1, -0.05) is 29.8 Å². The third-order valence-corrected chi connectivity index (χ3v) is 4.79. The summed E-state index contributed by atoms with van der Waals surface area (Å²) >= 11 is 7.67. The van der Waals surface area contributed by atoms with E-state index in [1.807, 2.05) is 24.3 Å². The normalized spacial score (nSPS) is 16.8. The van der Waals surface area contributed by atoms with Gasteiger partial charge in [0.25, 0.3) is 0 Å². The average Bonchev–Trinajstić information content (AvgIpc) is 2.87. The van der Waals surface area contributed by atoms with Gasteiger partial charge in [0.2, 0.25) is 5.91 Å². The van der Waals surface area contributed by atoms with Crippen LogP contribution in [0.25, 0.3) is 0 Å². The summed E-state index contributed by atoms with van der Waals surface area (Å²) in [6.45, 7) is 0. The molecule has 3 rings (SSSR count). The maximum Gasteiger partial charge on any atom is 0.232 e. The van der Waals surface area contributed by atoms with Crippen molar-refractivity contribution in [2.24, 2.45) is 0 Å². The van der Waals surface area contributed by atoms with Gasteiger partial charge in [0.05, 0.1) is 16.6 Å². The number of thioether (sulfide) groups is 1. The van der Waals surface area contributed by atoms with Crippen molar-refractivity contribution in [2.45, 2.75) is 10.8 Å². The van der Waals surface area contributed by atoms with Crippen LogP contribution in [0.5, 0.6) is 0 Å². The third kappa shape index (κ3) is 2.49. The maximum absolute atomic E-state index is 12.4. The van der Waals surface area contributed by atoms with E-state index in [0.717, 1.165) is 11.3 Å². The van der Waals surface area contributed by atoms with Crippen molar-refractivity contribution in [3.8, 4) is 0 Å². The lowest BCUT2D eigenvalue weighted by Gasteiger charge is -2.12. The number of rotatable bonds is 2. The largest absolute Gasteiger partial charge is 0.398 e. The first-order valence-electron chi connectivity index (χ1n) is 6.23. The van der Waals surface area contributed by atoms with Crippen LogP contribution in [-0.4, -0.2) is 11.7 Å². The van der Waals surface area contributed by atoms with Gasteiger partial charge in [-0.15, -0.1) is 11.8 Å². The molecular weight excluding hydrogens is 292 g/mol. The number of carbonyl (C=O) groups excluding carboxylic acids is 1. The van der Waals surface area contributed by atoms with Crippen LogP contribution in [0.15, 0.2) is 47.4 Å². The van der Waals surface area contributed by atoms with Crippen LogP contribution < -0.4 is 11.1 Å². The molecule has 0 bridgehead atoms. The van der Waals surface area contributed by atoms with Crippen LogP contribution in [0.2, 0.25) is 5.02 Å². The van der Waals surface area contributed by atoms with Gasteiger partial charge in [-0.05, 0) is 29.8 Å². The molecule has 2 aromatic carbocycles. The molecule has 3 N–H and O–H groups in total. The SMILES string of the molecule is Nc1ccc(NC(=O)C2CSc3ccccc32)cc1Cl. The van der Waals surface area contributed by atoms with Crippen molar-refractivity contribution in [2.75, 3.05) is 16.8 Å². The van der Waals surface area contributed by atoms with E-state index in [2.05, 4.69) is 5.32 Å². The Bertz CT molecular complexity index is 675. The molecule has 0 radical (unpaired) electrons. The van der Waals surface area contributed by atoms with E-state index in [1.165, 1.54) is 4.90 Å². The lowest BCUT2D eigenvalue weighted by molar-refractivity contribution is -0.117. The van der Waals surface area contributed by atoms with Gasteiger partial charge in [0.1, 0.15) is 0 Å². The van der Waals surface area contributed by atoms with Crippen LogP contribution in [-0.2, 0) is 4.79 Å². The molecule has 1 aliphatic rings. The number of hydrogen-bond donors (Lipinski definition) is 2. The zero-order chi connectivity index (χ0) is 14.1. The van der Waals surface area contributed by atoms with Crippen LogP contribution in [0.4, 0.5) is 11.4 Å². The quantitative estimate of drug-likeness (QED) is 0.831. The zero-order valence-electron chi connectivity index (χ0n) is 10.6. The first kappa shape index (κ1) is 13.3. The first-order chi connectivity index (χ1) is 9.65. The minimum Gasteiger partial charge on any atom is -0.398 e. The molecule has 102 valence electrons. The Balaban J connectivity index is 1.79. The molecule has 1 atom stereocenters. The lowest BCUT2D eigenvalue weighted by atomic mass is 10.0. The molecule has 1 amide bonds. The standard InChI is InChI=1S/C15H13ClN2OS/c16-12-7-9(5-6-13(12)17)18-15(19)11-8-20-14-4-2-1-3-10(11)14/h1-7,11H,8,17H2,(H,18,19). The van der Waals surface area contributed by atoms with E-state index in [0.29, 0.717) is 16.4 Å². The van der Waals surface area contributed by atoms with Gasteiger partial charge in [-0.25, -0.2) is 0 Å². The van der Waals surface area contributed by atoms with Crippen molar-refractivity contribution >= 4 is 40.6 Å². The molecule has 0 aliphatic carbocycles. The smallest absolute Gasteiger partial charge is 0.232 e. The molecule has 0 spiro atoms. The summed E-state index contributed by atoms with van der Waals surface area (Å²) in [5.41, 5.74) is 7.93. The molecular formula is C15H13ClN2OS. The Labute approximate surface area is 126 Å². The summed E-state index contributed by atoms with van der Waals surface area (Å²) in [4.78, 5) is 13.6. The minimum absolute atomic E-state index is 0.0108. The van der Waals surface area contributed by atoms with Crippen LogP contribution in [0.3, 0.4) is 0 Å². The summed E-state index contributed by atoms with van der Waals surface area (Å²) in [6, 6.07) is 13.1. The lowest BCUT2D eigenvalue weighted by Crippen LogP contribution is -2.21. The first-order valence-corrected chi connectivity index (χ1v) is 7.59. The van der Waals surface area contributed by atoms with E-state index in [9.17, 15) is 4.79 Å². The number of fused-ring (bicyclic) bond motifs is 1. The summed E-state index contributed by atoms with van der Waals surface area (Å²) in [5, 5.41) is 3.35. The number of nitrogens with one attached hydrogen (secondary N) is 1. The van der Waals surface area contributed by atoms with E-state index in [-0.39, 0.29) is 11.8 Å². The summed E-state index contributed by atoms with van der Waals surface area (Å²) in [5.74, 6) is 0.643. The second kappa shape index (κ2) is 5.38. The number of amides is 1. The molecule has 0 fully saturated rings. The maximum atomic E-state index is 12.4. The fourth-order valence-corrected chi connectivity index (χ4v) is 3.62. The number of nitrogens with two attached hydrogens (primary N) is 1. The summed E-state index contributed by atoms with van der Waals surface area (Å²) in [7, 11) is 0.